The fraction of sp³-hybridized carbons (Fsp3) is 0.231. The zero-order chi connectivity index (χ0) is 13.9. The number of hydrogen-bond acceptors (Lipinski definition) is 4. The lowest BCUT2D eigenvalue weighted by Crippen LogP contribution is -2.31. The first-order valence-corrected chi connectivity index (χ1v) is 6.26. The molecule has 1 aliphatic heterocycles. The minimum Gasteiger partial charge on any atom is -0.326 e. The van der Waals surface area contributed by atoms with Crippen molar-refractivity contribution in [1.29, 1.82) is 0 Å². The van der Waals surface area contributed by atoms with Gasteiger partial charge in [-0.25, -0.2) is 9.78 Å². The van der Waals surface area contributed by atoms with Gasteiger partial charge in [0.25, 0.3) is 5.91 Å². The van der Waals surface area contributed by atoms with Crippen molar-refractivity contribution in [1.82, 2.24) is 25.8 Å². The van der Waals surface area contributed by atoms with Crippen molar-refractivity contribution in [2.75, 3.05) is 0 Å². The summed E-state index contributed by atoms with van der Waals surface area (Å²) < 4.78 is 0. The Morgan fingerprint density at radius 3 is 2.65 bits per heavy atom. The molecule has 2 aromatic rings. The number of carbonyl (C=O) groups is 2. The predicted octanol–water partition coefficient (Wildman–Crippen LogP) is 0.146. The Bertz CT molecular complexity index is 637. The number of amides is 3. The highest BCUT2D eigenvalue weighted by Crippen LogP contribution is 2.07. The van der Waals surface area contributed by atoms with Gasteiger partial charge in [0, 0.05) is 12.8 Å². The van der Waals surface area contributed by atoms with Crippen molar-refractivity contribution in [2.45, 2.75) is 18.9 Å². The van der Waals surface area contributed by atoms with Crippen molar-refractivity contribution in [3.8, 4) is 0 Å². The molecule has 20 heavy (non-hydrogen) atoms. The molecule has 1 atom stereocenters. The van der Waals surface area contributed by atoms with Crippen LogP contribution in [0.25, 0.3) is 0 Å². The first-order chi connectivity index (χ1) is 9.70. The fourth-order valence-corrected chi connectivity index (χ4v) is 2.08. The Hall–Kier alpha value is -2.70. The average molecular weight is 271 g/mol. The van der Waals surface area contributed by atoms with Gasteiger partial charge in [-0.3, -0.25) is 15.2 Å². The molecule has 1 saturated heterocycles. The number of aromatic amines is 1. The summed E-state index contributed by atoms with van der Waals surface area (Å²) in [6, 6.07) is 8.83. The van der Waals surface area contributed by atoms with E-state index in [1.807, 2.05) is 30.3 Å². The monoisotopic (exact) mass is 271 g/mol. The lowest BCUT2D eigenvalue weighted by atomic mass is 10.1. The van der Waals surface area contributed by atoms with E-state index in [1.165, 1.54) is 0 Å². The van der Waals surface area contributed by atoms with E-state index >= 15 is 0 Å². The van der Waals surface area contributed by atoms with Crippen molar-refractivity contribution >= 4 is 11.9 Å². The van der Waals surface area contributed by atoms with E-state index in [0.29, 0.717) is 12.2 Å². The van der Waals surface area contributed by atoms with Crippen molar-refractivity contribution < 1.29 is 9.59 Å². The van der Waals surface area contributed by atoms with Crippen LogP contribution in [0.15, 0.2) is 30.3 Å². The molecule has 1 aromatic heterocycles. The molecule has 1 unspecified atom stereocenters. The summed E-state index contributed by atoms with van der Waals surface area (Å²) in [5.74, 6) is 0.902. The number of hydrogen-bond donors (Lipinski definition) is 3. The van der Waals surface area contributed by atoms with Crippen molar-refractivity contribution in [3.63, 3.8) is 0 Å². The summed E-state index contributed by atoms with van der Waals surface area (Å²) in [5, 5.41) is 11.6. The lowest BCUT2D eigenvalue weighted by molar-refractivity contribution is -0.120. The smallest absolute Gasteiger partial charge is 0.322 e. The lowest BCUT2D eigenvalue weighted by Gasteiger charge is -2.02. The van der Waals surface area contributed by atoms with Crippen molar-refractivity contribution in [3.05, 3.63) is 47.5 Å². The Morgan fingerprint density at radius 2 is 1.95 bits per heavy atom. The first kappa shape index (κ1) is 12.3. The number of urea groups is 1. The zero-order valence-electron chi connectivity index (χ0n) is 10.6. The molecule has 1 fully saturated rings. The van der Waals surface area contributed by atoms with Crippen LogP contribution in [0.3, 0.4) is 0 Å². The Labute approximate surface area is 114 Å². The molecule has 1 aromatic carbocycles. The molecule has 7 nitrogen and oxygen atoms in total. The van der Waals surface area contributed by atoms with Gasteiger partial charge in [0.2, 0.25) is 0 Å². The number of aromatic nitrogens is 3. The van der Waals surface area contributed by atoms with Crippen LogP contribution in [0.1, 0.15) is 17.2 Å². The molecule has 3 amide bonds. The molecule has 3 N–H and O–H groups in total. The van der Waals surface area contributed by atoms with Gasteiger partial charge in [-0.1, -0.05) is 30.3 Å². The molecule has 0 radical (unpaired) electrons. The van der Waals surface area contributed by atoms with Crippen LogP contribution in [0.2, 0.25) is 0 Å². The Morgan fingerprint density at radius 1 is 1.15 bits per heavy atom. The van der Waals surface area contributed by atoms with Gasteiger partial charge in [0.15, 0.2) is 5.82 Å². The minimum absolute atomic E-state index is 0.281. The van der Waals surface area contributed by atoms with Crippen LogP contribution < -0.4 is 10.6 Å². The summed E-state index contributed by atoms with van der Waals surface area (Å²) in [5.41, 5.74) is 1.13. The first-order valence-electron chi connectivity index (χ1n) is 6.26. The second-order valence-corrected chi connectivity index (χ2v) is 4.58. The summed E-state index contributed by atoms with van der Waals surface area (Å²) >= 11 is 0. The van der Waals surface area contributed by atoms with Gasteiger partial charge in [-0.05, 0) is 5.56 Å². The summed E-state index contributed by atoms with van der Waals surface area (Å²) in [4.78, 5) is 26.8. The summed E-state index contributed by atoms with van der Waals surface area (Å²) in [7, 11) is 0. The van der Waals surface area contributed by atoms with Crippen LogP contribution in [-0.2, 0) is 17.6 Å². The number of nitrogens with one attached hydrogen (secondary N) is 3. The number of imide groups is 1. The third-order valence-corrected chi connectivity index (χ3v) is 3.04. The Kier molecular flexibility index (Phi) is 3.16. The normalized spacial score (nSPS) is 17.9. The summed E-state index contributed by atoms with van der Waals surface area (Å²) in [6.45, 7) is 0. The number of benzene rings is 1. The van der Waals surface area contributed by atoms with Crippen LogP contribution >= 0.6 is 0 Å². The molecule has 0 aliphatic carbocycles. The van der Waals surface area contributed by atoms with Crippen LogP contribution in [0.5, 0.6) is 0 Å². The van der Waals surface area contributed by atoms with Crippen molar-refractivity contribution in [2.24, 2.45) is 0 Å². The van der Waals surface area contributed by atoms with Gasteiger partial charge < -0.3 is 5.32 Å². The second kappa shape index (κ2) is 5.12. The quantitative estimate of drug-likeness (QED) is 0.689. The third kappa shape index (κ3) is 2.66. The summed E-state index contributed by atoms with van der Waals surface area (Å²) in [6.07, 6.45) is 0.930. The minimum atomic E-state index is -0.595. The average Bonchev–Trinajstić information content (AvgIpc) is 2.98. The zero-order valence-corrected chi connectivity index (χ0v) is 10.6. The molecule has 0 bridgehead atoms. The molecule has 0 spiro atoms. The molecule has 7 heteroatoms. The fourth-order valence-electron chi connectivity index (χ4n) is 2.08. The highest BCUT2D eigenvalue weighted by Gasteiger charge is 2.30. The molecule has 0 saturated carbocycles. The maximum Gasteiger partial charge on any atom is 0.322 e. The molecule has 2 heterocycles. The van der Waals surface area contributed by atoms with Gasteiger partial charge in [-0.15, -0.1) is 0 Å². The third-order valence-electron chi connectivity index (χ3n) is 3.04. The largest absolute Gasteiger partial charge is 0.326 e. The van der Waals surface area contributed by atoms with Gasteiger partial charge >= 0.3 is 6.03 Å². The molecule has 1 aliphatic rings. The molecular formula is C13H13N5O2. The van der Waals surface area contributed by atoms with E-state index in [0.717, 1.165) is 11.4 Å². The Balaban J connectivity index is 1.65. The topological polar surface area (TPSA) is 99.8 Å². The predicted molar refractivity (Wildman–Crippen MR) is 69.8 cm³/mol. The highest BCUT2D eigenvalue weighted by molar-refractivity contribution is 6.04. The number of rotatable bonds is 4. The number of nitrogens with zero attached hydrogens (tertiary/aromatic N) is 2. The van der Waals surface area contributed by atoms with Gasteiger partial charge in [0.1, 0.15) is 11.9 Å². The van der Waals surface area contributed by atoms with Gasteiger partial charge in [-0.2, -0.15) is 5.10 Å². The molecule has 3 rings (SSSR count). The van der Waals surface area contributed by atoms with E-state index in [4.69, 9.17) is 0 Å². The van der Waals surface area contributed by atoms with Crippen LogP contribution in [0.4, 0.5) is 4.79 Å². The maximum atomic E-state index is 11.4. The number of H-pyrrole nitrogens is 1. The van der Waals surface area contributed by atoms with Crippen LogP contribution in [0, 0.1) is 0 Å². The second-order valence-electron chi connectivity index (χ2n) is 4.58. The van der Waals surface area contributed by atoms with Crippen LogP contribution in [-0.4, -0.2) is 33.2 Å². The van der Waals surface area contributed by atoms with E-state index in [-0.39, 0.29) is 12.3 Å². The number of carbonyl (C=O) groups excluding carboxylic acids is 2. The molecular weight excluding hydrogens is 258 g/mol. The standard InChI is InChI=1S/C13H13N5O2/c19-12-9(14-13(20)16-12)7-11-15-10(17-18-11)6-8-4-2-1-3-5-8/h1-5,9H,6-7H2,(H,15,17,18)(H2,14,16,19,20). The van der Waals surface area contributed by atoms with E-state index < -0.39 is 12.1 Å². The van der Waals surface area contributed by atoms with E-state index in [1.54, 1.807) is 0 Å². The van der Waals surface area contributed by atoms with Gasteiger partial charge in [0.05, 0.1) is 0 Å². The highest BCUT2D eigenvalue weighted by atomic mass is 16.2. The maximum absolute atomic E-state index is 11.4. The van der Waals surface area contributed by atoms with E-state index in [9.17, 15) is 9.59 Å². The molecule has 102 valence electrons. The van der Waals surface area contributed by atoms with E-state index in [2.05, 4.69) is 25.8 Å². The SMILES string of the molecule is O=C1NC(=O)C(Cc2n[nH]c(Cc3ccccc3)n2)N1.